The minimum atomic E-state index is -0.576. The van der Waals surface area contributed by atoms with Crippen molar-refractivity contribution in [3.63, 3.8) is 0 Å². The fourth-order valence-corrected chi connectivity index (χ4v) is 1.00. The number of rotatable bonds is 3. The SMILES string of the molecule is CNOC(C)(C)OC(C)(C)C. The Morgan fingerprint density at radius 3 is 1.73 bits per heavy atom. The first kappa shape index (κ1) is 10.9. The lowest BCUT2D eigenvalue weighted by molar-refractivity contribution is -0.280. The number of ether oxygens (including phenoxy) is 1. The molecule has 0 fully saturated rings. The van der Waals surface area contributed by atoms with Crippen molar-refractivity contribution in [2.24, 2.45) is 0 Å². The van der Waals surface area contributed by atoms with Gasteiger partial charge in [-0.2, -0.15) is 0 Å². The fraction of sp³-hybridized carbons (Fsp3) is 1.00. The molecule has 0 atom stereocenters. The zero-order valence-corrected chi connectivity index (χ0v) is 8.32. The van der Waals surface area contributed by atoms with Gasteiger partial charge in [-0.1, -0.05) is 0 Å². The van der Waals surface area contributed by atoms with Gasteiger partial charge in [-0.3, -0.25) is 4.84 Å². The van der Waals surface area contributed by atoms with E-state index in [0.29, 0.717) is 0 Å². The van der Waals surface area contributed by atoms with E-state index >= 15 is 0 Å². The molecule has 11 heavy (non-hydrogen) atoms. The molecular weight excluding hydrogens is 142 g/mol. The third kappa shape index (κ3) is 6.28. The van der Waals surface area contributed by atoms with Gasteiger partial charge in [-0.25, -0.2) is 5.48 Å². The van der Waals surface area contributed by atoms with Crippen LogP contribution in [-0.4, -0.2) is 18.4 Å². The summed E-state index contributed by atoms with van der Waals surface area (Å²) in [5.74, 6) is -0.576. The third-order valence-electron chi connectivity index (χ3n) is 0.900. The molecule has 0 saturated carbocycles. The largest absolute Gasteiger partial charge is 0.343 e. The molecule has 0 aromatic carbocycles. The van der Waals surface area contributed by atoms with Crippen molar-refractivity contribution in [3.05, 3.63) is 0 Å². The molecule has 0 aliphatic rings. The monoisotopic (exact) mass is 161 g/mol. The molecule has 0 aliphatic heterocycles. The van der Waals surface area contributed by atoms with E-state index in [9.17, 15) is 0 Å². The Labute approximate surface area is 69.0 Å². The predicted octanol–water partition coefficient (Wildman–Crippen LogP) is 1.69. The highest BCUT2D eigenvalue weighted by atomic mass is 16.8. The summed E-state index contributed by atoms with van der Waals surface area (Å²) in [7, 11) is 1.72. The molecule has 1 N–H and O–H groups in total. The normalized spacial score (nSPS) is 13.6. The van der Waals surface area contributed by atoms with Crippen LogP contribution in [0.15, 0.2) is 0 Å². The molecule has 0 amide bonds. The molecule has 0 spiro atoms. The Kier molecular flexibility index (Phi) is 3.48. The summed E-state index contributed by atoms with van der Waals surface area (Å²) >= 11 is 0. The maximum Gasteiger partial charge on any atom is 0.182 e. The Bertz CT molecular complexity index is 116. The van der Waals surface area contributed by atoms with Crippen molar-refractivity contribution >= 4 is 0 Å². The quantitative estimate of drug-likeness (QED) is 0.504. The second kappa shape index (κ2) is 3.52. The minimum absolute atomic E-state index is 0.180. The first-order chi connectivity index (χ1) is 4.77. The molecule has 0 unspecified atom stereocenters. The van der Waals surface area contributed by atoms with Gasteiger partial charge in [0.25, 0.3) is 0 Å². The van der Waals surface area contributed by atoms with E-state index < -0.39 is 5.79 Å². The molecule has 0 rings (SSSR count). The third-order valence-corrected chi connectivity index (χ3v) is 0.900. The maximum atomic E-state index is 5.58. The zero-order chi connectivity index (χ0) is 9.12. The van der Waals surface area contributed by atoms with Gasteiger partial charge in [-0.05, 0) is 34.6 Å². The molecule has 0 bridgehead atoms. The molecule has 0 aromatic heterocycles. The molecule has 0 radical (unpaired) electrons. The Morgan fingerprint density at radius 2 is 1.45 bits per heavy atom. The van der Waals surface area contributed by atoms with Crippen molar-refractivity contribution in [1.82, 2.24) is 5.48 Å². The van der Waals surface area contributed by atoms with Gasteiger partial charge in [0.1, 0.15) is 0 Å². The van der Waals surface area contributed by atoms with E-state index in [2.05, 4.69) is 5.48 Å². The molecule has 0 aliphatic carbocycles. The van der Waals surface area contributed by atoms with Crippen LogP contribution in [0.1, 0.15) is 34.6 Å². The number of hydrogen-bond donors (Lipinski definition) is 1. The molecule has 3 nitrogen and oxygen atoms in total. The summed E-state index contributed by atoms with van der Waals surface area (Å²) in [6.07, 6.45) is 0. The summed E-state index contributed by atoms with van der Waals surface area (Å²) in [5.41, 5.74) is 2.43. The number of nitrogens with one attached hydrogen (secondary N) is 1. The Morgan fingerprint density at radius 1 is 1.00 bits per heavy atom. The van der Waals surface area contributed by atoms with Gasteiger partial charge in [0.05, 0.1) is 5.60 Å². The van der Waals surface area contributed by atoms with Crippen LogP contribution in [0.4, 0.5) is 0 Å². The lowest BCUT2D eigenvalue weighted by atomic mass is 10.2. The van der Waals surface area contributed by atoms with Crippen LogP contribution in [-0.2, 0) is 9.57 Å². The lowest BCUT2D eigenvalue weighted by Crippen LogP contribution is -2.40. The van der Waals surface area contributed by atoms with Crippen molar-refractivity contribution < 1.29 is 9.57 Å². The Balaban J connectivity index is 3.91. The van der Waals surface area contributed by atoms with E-state index in [1.807, 2.05) is 34.6 Å². The molecule has 0 heterocycles. The van der Waals surface area contributed by atoms with Gasteiger partial charge < -0.3 is 4.74 Å². The van der Waals surface area contributed by atoms with E-state index in [1.54, 1.807) is 7.05 Å². The molecule has 0 saturated heterocycles. The van der Waals surface area contributed by atoms with Crippen molar-refractivity contribution in [2.45, 2.75) is 46.0 Å². The molecule has 68 valence electrons. The molecular formula is C8H19NO2. The van der Waals surface area contributed by atoms with Crippen LogP contribution in [0.25, 0.3) is 0 Å². The van der Waals surface area contributed by atoms with Crippen LogP contribution in [0.3, 0.4) is 0 Å². The lowest BCUT2D eigenvalue weighted by Gasteiger charge is -2.32. The number of hydroxylamine groups is 1. The molecule has 3 heteroatoms. The highest BCUT2D eigenvalue weighted by molar-refractivity contribution is 4.64. The highest BCUT2D eigenvalue weighted by Gasteiger charge is 2.26. The van der Waals surface area contributed by atoms with Gasteiger partial charge >= 0.3 is 0 Å². The van der Waals surface area contributed by atoms with E-state index in [1.165, 1.54) is 0 Å². The van der Waals surface area contributed by atoms with Crippen LogP contribution >= 0.6 is 0 Å². The van der Waals surface area contributed by atoms with Crippen LogP contribution < -0.4 is 5.48 Å². The standard InChI is InChI=1S/C8H19NO2/c1-7(2,3)10-8(4,5)11-9-6/h9H,1-6H3. The van der Waals surface area contributed by atoms with Gasteiger partial charge in [0.2, 0.25) is 0 Å². The van der Waals surface area contributed by atoms with Crippen LogP contribution in [0, 0.1) is 0 Å². The second-order valence-corrected chi connectivity index (χ2v) is 3.92. The average molecular weight is 161 g/mol. The smallest absolute Gasteiger partial charge is 0.182 e. The summed E-state index contributed by atoms with van der Waals surface area (Å²) < 4.78 is 5.58. The first-order valence-electron chi connectivity index (χ1n) is 3.82. The zero-order valence-electron chi connectivity index (χ0n) is 8.32. The molecule has 0 aromatic rings. The van der Waals surface area contributed by atoms with Gasteiger partial charge in [0, 0.05) is 7.05 Å². The van der Waals surface area contributed by atoms with E-state index in [-0.39, 0.29) is 5.60 Å². The summed E-state index contributed by atoms with van der Waals surface area (Å²) in [4.78, 5) is 5.13. The van der Waals surface area contributed by atoms with Gasteiger partial charge in [-0.15, -0.1) is 0 Å². The highest BCUT2D eigenvalue weighted by Crippen LogP contribution is 2.19. The van der Waals surface area contributed by atoms with Crippen molar-refractivity contribution in [2.75, 3.05) is 7.05 Å². The van der Waals surface area contributed by atoms with Crippen LogP contribution in [0.5, 0.6) is 0 Å². The fourth-order valence-electron chi connectivity index (χ4n) is 1.00. The first-order valence-corrected chi connectivity index (χ1v) is 3.82. The summed E-state index contributed by atoms with van der Waals surface area (Å²) in [5, 5.41) is 0. The Hall–Kier alpha value is -0.120. The van der Waals surface area contributed by atoms with Crippen LogP contribution in [0.2, 0.25) is 0 Å². The van der Waals surface area contributed by atoms with Crippen molar-refractivity contribution in [3.8, 4) is 0 Å². The topological polar surface area (TPSA) is 30.5 Å². The maximum absolute atomic E-state index is 5.58. The van der Waals surface area contributed by atoms with Crippen molar-refractivity contribution in [1.29, 1.82) is 0 Å². The van der Waals surface area contributed by atoms with E-state index in [4.69, 9.17) is 9.57 Å². The van der Waals surface area contributed by atoms with E-state index in [0.717, 1.165) is 0 Å². The summed E-state index contributed by atoms with van der Waals surface area (Å²) in [6.45, 7) is 9.72. The number of hydrogen-bond acceptors (Lipinski definition) is 3. The minimum Gasteiger partial charge on any atom is -0.343 e. The predicted molar refractivity (Wildman–Crippen MR) is 45.1 cm³/mol. The van der Waals surface area contributed by atoms with Gasteiger partial charge in [0.15, 0.2) is 5.79 Å². The second-order valence-electron chi connectivity index (χ2n) is 3.92. The summed E-state index contributed by atoms with van der Waals surface area (Å²) in [6, 6.07) is 0. The average Bonchev–Trinajstić information content (AvgIpc) is 1.55.